The molecule has 0 unspecified atom stereocenters. The zero-order chi connectivity index (χ0) is 20.4. The molecule has 0 spiro atoms. The second-order valence-corrected chi connectivity index (χ2v) is 7.96. The lowest BCUT2D eigenvalue weighted by Crippen LogP contribution is -2.52. The molecule has 1 aliphatic carbocycles. The number of carbonyl (C=O) groups is 2. The number of piperazine rings is 1. The lowest BCUT2D eigenvalue weighted by atomic mass is 9.94. The summed E-state index contributed by atoms with van der Waals surface area (Å²) in [4.78, 5) is 42.6. The summed E-state index contributed by atoms with van der Waals surface area (Å²) in [7, 11) is 0. The van der Waals surface area contributed by atoms with Crippen molar-refractivity contribution in [2.24, 2.45) is 5.73 Å². The van der Waals surface area contributed by atoms with Crippen molar-refractivity contribution in [3.05, 3.63) is 40.2 Å². The third-order valence-electron chi connectivity index (χ3n) is 6.09. The summed E-state index contributed by atoms with van der Waals surface area (Å²) in [5.74, 6) is -1.31. The van der Waals surface area contributed by atoms with E-state index in [0.29, 0.717) is 18.0 Å². The van der Waals surface area contributed by atoms with Gasteiger partial charge in [0.25, 0.3) is 5.91 Å². The zero-order valence-corrected chi connectivity index (χ0v) is 16.5. The highest BCUT2D eigenvalue weighted by Crippen LogP contribution is 2.24. The Bertz CT molecular complexity index is 949. The first-order valence-corrected chi connectivity index (χ1v) is 10.3. The van der Waals surface area contributed by atoms with Gasteiger partial charge in [-0.2, -0.15) is 0 Å². The Kier molecular flexibility index (Phi) is 5.71. The van der Waals surface area contributed by atoms with Gasteiger partial charge in [0.2, 0.25) is 5.91 Å². The van der Waals surface area contributed by atoms with Gasteiger partial charge in [-0.25, -0.2) is 4.79 Å². The largest absolute Gasteiger partial charge is 0.417 e. The second-order valence-electron chi connectivity index (χ2n) is 7.96. The van der Waals surface area contributed by atoms with E-state index in [1.807, 2.05) is 4.90 Å². The molecule has 3 N–H and O–H groups in total. The van der Waals surface area contributed by atoms with Crippen LogP contribution in [0.1, 0.15) is 48.0 Å². The third kappa shape index (κ3) is 4.37. The van der Waals surface area contributed by atoms with Gasteiger partial charge in [0.1, 0.15) is 0 Å². The molecule has 2 heterocycles. The van der Waals surface area contributed by atoms with E-state index in [9.17, 15) is 14.4 Å². The number of oxazole rings is 1. The van der Waals surface area contributed by atoms with Crippen molar-refractivity contribution in [3.63, 3.8) is 0 Å². The number of amides is 2. The van der Waals surface area contributed by atoms with Crippen molar-refractivity contribution in [1.82, 2.24) is 14.8 Å². The van der Waals surface area contributed by atoms with Crippen molar-refractivity contribution < 1.29 is 14.0 Å². The van der Waals surface area contributed by atoms with Gasteiger partial charge in [-0.1, -0.05) is 19.3 Å². The number of benzene rings is 1. The Morgan fingerprint density at radius 2 is 1.86 bits per heavy atom. The number of H-pyrrole nitrogens is 1. The van der Waals surface area contributed by atoms with Crippen LogP contribution in [0.15, 0.2) is 21.3 Å². The molecule has 0 bridgehead atoms. The molecule has 2 amide bonds. The lowest BCUT2D eigenvalue weighted by Gasteiger charge is -2.40. The topological polar surface area (TPSA) is 113 Å². The first-order valence-electron chi connectivity index (χ1n) is 10.3. The van der Waals surface area contributed by atoms with Gasteiger partial charge in [-0.3, -0.25) is 19.5 Å². The Morgan fingerprint density at radius 1 is 1.14 bits per heavy atom. The van der Waals surface area contributed by atoms with E-state index in [-0.39, 0.29) is 22.6 Å². The SMILES string of the molecule is NC(=O)c1cc(C[CH]C(=O)N2CCN(C3CCCCC3)CC2)cc2oc(=O)[nH]c12. The quantitative estimate of drug-likeness (QED) is 0.790. The Labute approximate surface area is 169 Å². The number of nitrogens with zero attached hydrogens (tertiary/aromatic N) is 2. The molecule has 8 heteroatoms. The minimum Gasteiger partial charge on any atom is -0.408 e. The lowest BCUT2D eigenvalue weighted by molar-refractivity contribution is -0.129. The smallest absolute Gasteiger partial charge is 0.408 e. The monoisotopic (exact) mass is 399 g/mol. The maximum absolute atomic E-state index is 12.6. The van der Waals surface area contributed by atoms with Crippen molar-refractivity contribution >= 4 is 22.9 Å². The number of hydrogen-bond donors (Lipinski definition) is 2. The molecule has 1 saturated heterocycles. The molecule has 2 aliphatic rings. The maximum atomic E-state index is 12.6. The standard InChI is InChI=1S/C21H27N4O4/c22-20(27)16-12-14(13-17-19(16)23-21(28)29-17)6-7-18(26)25-10-8-24(9-11-25)15-4-2-1-3-5-15/h7,12-13,15H,1-6,8-11H2,(H2,22,27)(H,23,28). The minimum atomic E-state index is -0.654. The number of carbonyl (C=O) groups excluding carboxylic acids is 2. The van der Waals surface area contributed by atoms with Crippen LogP contribution in [0.4, 0.5) is 0 Å². The van der Waals surface area contributed by atoms with Crippen LogP contribution in [0.25, 0.3) is 11.1 Å². The van der Waals surface area contributed by atoms with Gasteiger partial charge < -0.3 is 15.1 Å². The molecule has 1 saturated carbocycles. The molecule has 1 aromatic carbocycles. The highest BCUT2D eigenvalue weighted by Gasteiger charge is 2.27. The molecule has 1 aliphatic heterocycles. The Balaban J connectivity index is 1.35. The maximum Gasteiger partial charge on any atom is 0.417 e. The van der Waals surface area contributed by atoms with Crippen LogP contribution in [0.2, 0.25) is 0 Å². The van der Waals surface area contributed by atoms with Crippen LogP contribution < -0.4 is 11.5 Å². The molecule has 1 aromatic heterocycles. The molecule has 155 valence electrons. The Hall–Kier alpha value is -2.61. The second kappa shape index (κ2) is 8.41. The van der Waals surface area contributed by atoms with E-state index in [1.54, 1.807) is 18.6 Å². The van der Waals surface area contributed by atoms with Gasteiger partial charge >= 0.3 is 5.76 Å². The van der Waals surface area contributed by atoms with Gasteiger partial charge in [-0.15, -0.1) is 0 Å². The van der Waals surface area contributed by atoms with Crippen LogP contribution in [0.5, 0.6) is 0 Å². The van der Waals surface area contributed by atoms with Crippen LogP contribution in [0.3, 0.4) is 0 Å². The van der Waals surface area contributed by atoms with E-state index >= 15 is 0 Å². The van der Waals surface area contributed by atoms with Gasteiger partial charge in [0.05, 0.1) is 17.5 Å². The summed E-state index contributed by atoms with van der Waals surface area (Å²) in [6.45, 7) is 3.33. The normalized spacial score (nSPS) is 19.0. The number of nitrogens with one attached hydrogen (secondary N) is 1. The first kappa shape index (κ1) is 19.7. The van der Waals surface area contributed by atoms with Crippen LogP contribution in [-0.2, 0) is 11.2 Å². The molecule has 2 fully saturated rings. The molecular weight excluding hydrogens is 372 g/mol. The van der Waals surface area contributed by atoms with Crippen LogP contribution >= 0.6 is 0 Å². The highest BCUT2D eigenvalue weighted by atomic mass is 16.4. The van der Waals surface area contributed by atoms with Crippen molar-refractivity contribution in [1.29, 1.82) is 0 Å². The first-order chi connectivity index (χ1) is 14.0. The number of hydrogen-bond acceptors (Lipinski definition) is 5. The average Bonchev–Trinajstić information content (AvgIpc) is 3.12. The van der Waals surface area contributed by atoms with Crippen molar-refractivity contribution in [2.75, 3.05) is 26.2 Å². The fraction of sp³-hybridized carbons (Fsp3) is 0.524. The van der Waals surface area contributed by atoms with E-state index < -0.39 is 11.7 Å². The van der Waals surface area contributed by atoms with Gasteiger partial charge in [0.15, 0.2) is 5.58 Å². The van der Waals surface area contributed by atoms with Crippen molar-refractivity contribution in [2.45, 2.75) is 44.6 Å². The molecule has 29 heavy (non-hydrogen) atoms. The van der Waals surface area contributed by atoms with Crippen LogP contribution in [-0.4, -0.2) is 58.8 Å². The summed E-state index contributed by atoms with van der Waals surface area (Å²) in [6, 6.07) is 3.94. The number of primary amides is 1. The molecular formula is C21H27N4O4. The third-order valence-corrected chi connectivity index (χ3v) is 6.09. The molecule has 4 rings (SSSR count). The van der Waals surface area contributed by atoms with Gasteiger partial charge in [-0.05, 0) is 37.0 Å². The zero-order valence-electron chi connectivity index (χ0n) is 16.5. The number of nitrogens with two attached hydrogens (primary N) is 1. The highest BCUT2D eigenvalue weighted by molar-refractivity contribution is 6.03. The van der Waals surface area contributed by atoms with E-state index in [2.05, 4.69) is 9.88 Å². The summed E-state index contributed by atoms with van der Waals surface area (Å²) in [5, 5.41) is 0. The fourth-order valence-corrected chi connectivity index (χ4v) is 4.51. The number of aromatic amines is 1. The summed E-state index contributed by atoms with van der Waals surface area (Å²) >= 11 is 0. The summed E-state index contributed by atoms with van der Waals surface area (Å²) in [6.07, 6.45) is 8.49. The molecule has 8 nitrogen and oxygen atoms in total. The number of aromatic nitrogens is 1. The Morgan fingerprint density at radius 3 is 2.55 bits per heavy atom. The average molecular weight is 399 g/mol. The molecule has 0 atom stereocenters. The van der Waals surface area contributed by atoms with E-state index in [1.165, 1.54) is 32.1 Å². The predicted octanol–water partition coefficient (Wildman–Crippen LogP) is 1.44. The number of fused-ring (bicyclic) bond motifs is 1. The van der Waals surface area contributed by atoms with E-state index in [0.717, 1.165) is 26.2 Å². The molecule has 1 radical (unpaired) electrons. The number of rotatable bonds is 5. The summed E-state index contributed by atoms with van der Waals surface area (Å²) < 4.78 is 5.06. The van der Waals surface area contributed by atoms with Crippen LogP contribution in [0, 0.1) is 6.42 Å². The minimum absolute atomic E-state index is 0.00969. The fourth-order valence-electron chi connectivity index (χ4n) is 4.51. The molecule has 2 aromatic rings. The predicted molar refractivity (Wildman–Crippen MR) is 108 cm³/mol. The van der Waals surface area contributed by atoms with E-state index in [4.69, 9.17) is 10.2 Å². The van der Waals surface area contributed by atoms with Crippen molar-refractivity contribution in [3.8, 4) is 0 Å². The summed E-state index contributed by atoms with van der Waals surface area (Å²) in [5.41, 5.74) is 6.85. The van der Waals surface area contributed by atoms with Gasteiger partial charge in [0, 0.05) is 32.2 Å².